The van der Waals surface area contributed by atoms with Gasteiger partial charge in [-0.3, -0.25) is 24.6 Å². The maximum atomic E-state index is 12.7. The Morgan fingerprint density at radius 1 is 0.938 bits per heavy atom. The molecule has 3 aromatic carbocycles. The standard InChI is InChI=1S/C24H18N2O5S/c27-23-22(32-24(28)25(23)15-17-5-2-1-3-6-17)14-19-7-4-8-21(13-19)31-16-18-9-11-20(12-10-18)26(29)30/h1-14H,15-16H2/b22-14+. The number of thioether (sulfide) groups is 1. The van der Waals surface area contributed by atoms with Crippen molar-refractivity contribution in [2.75, 3.05) is 0 Å². The highest BCUT2D eigenvalue weighted by atomic mass is 32.2. The molecule has 1 aliphatic rings. The average Bonchev–Trinajstić information content (AvgIpc) is 3.06. The predicted molar refractivity (Wildman–Crippen MR) is 122 cm³/mol. The normalized spacial score (nSPS) is 14.8. The van der Waals surface area contributed by atoms with Gasteiger partial charge in [-0.2, -0.15) is 0 Å². The number of ether oxygens (including phenoxy) is 1. The van der Waals surface area contributed by atoms with Crippen LogP contribution in [0.25, 0.3) is 6.08 Å². The molecule has 7 nitrogen and oxygen atoms in total. The van der Waals surface area contributed by atoms with E-state index in [1.54, 1.807) is 36.4 Å². The highest BCUT2D eigenvalue weighted by Crippen LogP contribution is 2.33. The fourth-order valence-electron chi connectivity index (χ4n) is 3.13. The number of nitrogens with zero attached hydrogens (tertiary/aromatic N) is 2. The third-order valence-electron chi connectivity index (χ3n) is 4.77. The van der Waals surface area contributed by atoms with E-state index in [4.69, 9.17) is 4.74 Å². The van der Waals surface area contributed by atoms with Crippen molar-refractivity contribution < 1.29 is 19.2 Å². The second kappa shape index (κ2) is 9.49. The van der Waals surface area contributed by atoms with E-state index in [1.165, 1.54) is 17.0 Å². The van der Waals surface area contributed by atoms with Crippen molar-refractivity contribution >= 4 is 34.7 Å². The van der Waals surface area contributed by atoms with Crippen molar-refractivity contribution in [2.24, 2.45) is 0 Å². The van der Waals surface area contributed by atoms with E-state index in [-0.39, 0.29) is 30.0 Å². The zero-order chi connectivity index (χ0) is 22.5. The Balaban J connectivity index is 1.43. The highest BCUT2D eigenvalue weighted by Gasteiger charge is 2.34. The largest absolute Gasteiger partial charge is 0.489 e. The molecule has 0 spiro atoms. The number of non-ortho nitro benzene ring substituents is 1. The number of benzene rings is 3. The number of nitro benzene ring substituents is 1. The Hall–Kier alpha value is -3.91. The van der Waals surface area contributed by atoms with Gasteiger partial charge in [-0.05, 0) is 58.8 Å². The molecule has 0 N–H and O–H groups in total. The van der Waals surface area contributed by atoms with Crippen molar-refractivity contribution in [1.82, 2.24) is 4.90 Å². The number of imide groups is 1. The molecule has 0 saturated carbocycles. The number of carbonyl (C=O) groups is 2. The summed E-state index contributed by atoms with van der Waals surface area (Å²) in [7, 11) is 0. The van der Waals surface area contributed by atoms with Crippen molar-refractivity contribution in [3.8, 4) is 5.75 Å². The van der Waals surface area contributed by atoms with Crippen LogP contribution in [-0.2, 0) is 17.9 Å². The Morgan fingerprint density at radius 3 is 2.41 bits per heavy atom. The van der Waals surface area contributed by atoms with Crippen molar-refractivity contribution in [3.63, 3.8) is 0 Å². The van der Waals surface area contributed by atoms with Crippen LogP contribution in [0.15, 0.2) is 83.8 Å². The molecule has 1 fully saturated rings. The molecule has 0 atom stereocenters. The minimum atomic E-state index is -0.449. The summed E-state index contributed by atoms with van der Waals surface area (Å²) in [5.74, 6) is 0.265. The van der Waals surface area contributed by atoms with Crippen molar-refractivity contribution in [2.45, 2.75) is 13.2 Å². The fraction of sp³-hybridized carbons (Fsp3) is 0.0833. The first kappa shape index (κ1) is 21.3. The van der Waals surface area contributed by atoms with Gasteiger partial charge in [0.1, 0.15) is 12.4 Å². The van der Waals surface area contributed by atoms with Crippen LogP contribution < -0.4 is 4.74 Å². The van der Waals surface area contributed by atoms with Gasteiger partial charge in [0.25, 0.3) is 16.8 Å². The minimum absolute atomic E-state index is 0.0250. The van der Waals surface area contributed by atoms with Gasteiger partial charge in [0.2, 0.25) is 0 Å². The van der Waals surface area contributed by atoms with Gasteiger partial charge in [-0.25, -0.2) is 0 Å². The van der Waals surface area contributed by atoms with E-state index in [0.29, 0.717) is 10.7 Å². The molecule has 0 bridgehead atoms. The van der Waals surface area contributed by atoms with Crippen LogP contribution in [0.2, 0.25) is 0 Å². The van der Waals surface area contributed by atoms with Gasteiger partial charge in [0.15, 0.2) is 0 Å². The van der Waals surface area contributed by atoms with Crippen molar-refractivity contribution in [1.29, 1.82) is 0 Å². The first-order chi connectivity index (χ1) is 15.5. The maximum Gasteiger partial charge on any atom is 0.293 e. The number of amides is 2. The first-order valence-corrected chi connectivity index (χ1v) is 10.6. The molecular formula is C24H18N2O5S. The van der Waals surface area contributed by atoms with E-state index < -0.39 is 4.92 Å². The summed E-state index contributed by atoms with van der Waals surface area (Å²) >= 11 is 0.918. The minimum Gasteiger partial charge on any atom is -0.489 e. The van der Waals surface area contributed by atoms with Crippen LogP contribution in [-0.4, -0.2) is 21.0 Å². The summed E-state index contributed by atoms with van der Waals surface area (Å²) in [5, 5.41) is 10.4. The van der Waals surface area contributed by atoms with Crippen LogP contribution in [0.1, 0.15) is 16.7 Å². The number of rotatable bonds is 7. The molecule has 0 aromatic heterocycles. The van der Waals surface area contributed by atoms with E-state index >= 15 is 0 Å². The van der Waals surface area contributed by atoms with Crippen LogP contribution in [0, 0.1) is 10.1 Å². The second-order valence-corrected chi connectivity index (χ2v) is 8.03. The van der Waals surface area contributed by atoms with E-state index in [0.717, 1.165) is 28.5 Å². The number of carbonyl (C=O) groups excluding carboxylic acids is 2. The van der Waals surface area contributed by atoms with E-state index in [2.05, 4.69) is 0 Å². The first-order valence-electron chi connectivity index (χ1n) is 9.75. The summed E-state index contributed by atoms with van der Waals surface area (Å²) in [6, 6.07) is 22.7. The zero-order valence-electron chi connectivity index (χ0n) is 16.8. The Bertz CT molecular complexity index is 1190. The number of hydrogen-bond acceptors (Lipinski definition) is 6. The van der Waals surface area contributed by atoms with Gasteiger partial charge in [-0.1, -0.05) is 42.5 Å². The topological polar surface area (TPSA) is 89.7 Å². The summed E-state index contributed by atoms with van der Waals surface area (Å²) in [6.07, 6.45) is 1.68. The van der Waals surface area contributed by atoms with E-state index in [9.17, 15) is 19.7 Å². The van der Waals surface area contributed by atoms with E-state index in [1.807, 2.05) is 36.4 Å². The molecule has 0 aliphatic carbocycles. The monoisotopic (exact) mass is 446 g/mol. The fourth-order valence-corrected chi connectivity index (χ4v) is 3.97. The van der Waals surface area contributed by atoms with Crippen LogP contribution in [0.5, 0.6) is 5.75 Å². The second-order valence-electron chi connectivity index (χ2n) is 7.04. The molecular weight excluding hydrogens is 428 g/mol. The maximum absolute atomic E-state index is 12.7. The lowest BCUT2D eigenvalue weighted by atomic mass is 10.2. The Kier molecular flexibility index (Phi) is 6.32. The molecule has 3 aromatic rings. The smallest absolute Gasteiger partial charge is 0.293 e. The third-order valence-corrected chi connectivity index (χ3v) is 5.67. The third kappa shape index (κ3) is 5.04. The zero-order valence-corrected chi connectivity index (χ0v) is 17.7. The highest BCUT2D eigenvalue weighted by molar-refractivity contribution is 8.18. The summed E-state index contributed by atoms with van der Waals surface area (Å²) < 4.78 is 5.78. The summed E-state index contributed by atoms with van der Waals surface area (Å²) in [4.78, 5) is 37.0. The Labute approximate surface area is 188 Å². The lowest BCUT2D eigenvalue weighted by Gasteiger charge is -2.12. The molecule has 0 unspecified atom stereocenters. The number of hydrogen-bond donors (Lipinski definition) is 0. The lowest BCUT2D eigenvalue weighted by Crippen LogP contribution is -2.27. The quantitative estimate of drug-likeness (QED) is 0.274. The van der Waals surface area contributed by atoms with Crippen LogP contribution in [0.3, 0.4) is 0 Å². The molecule has 1 aliphatic heterocycles. The van der Waals surface area contributed by atoms with Gasteiger partial charge in [0.05, 0.1) is 16.4 Å². The molecule has 32 heavy (non-hydrogen) atoms. The Morgan fingerprint density at radius 2 is 1.69 bits per heavy atom. The molecule has 2 amide bonds. The summed E-state index contributed by atoms with van der Waals surface area (Å²) in [6.45, 7) is 0.482. The summed E-state index contributed by atoms with van der Waals surface area (Å²) in [5.41, 5.74) is 2.44. The van der Waals surface area contributed by atoms with Crippen molar-refractivity contribution in [3.05, 3.63) is 111 Å². The molecule has 8 heteroatoms. The SMILES string of the molecule is O=C1S/C(=C/c2cccc(OCc3ccc([N+](=O)[O-])cc3)c2)C(=O)N1Cc1ccccc1. The molecule has 4 rings (SSSR count). The molecule has 1 heterocycles. The molecule has 1 saturated heterocycles. The van der Waals surface area contributed by atoms with Gasteiger partial charge < -0.3 is 4.74 Å². The number of nitro groups is 1. The van der Waals surface area contributed by atoms with Crippen LogP contribution >= 0.6 is 11.8 Å². The molecule has 160 valence electrons. The average molecular weight is 446 g/mol. The van der Waals surface area contributed by atoms with Gasteiger partial charge in [0, 0.05) is 12.1 Å². The van der Waals surface area contributed by atoms with Gasteiger partial charge >= 0.3 is 0 Å². The lowest BCUT2D eigenvalue weighted by molar-refractivity contribution is -0.384. The van der Waals surface area contributed by atoms with Gasteiger partial charge in [-0.15, -0.1) is 0 Å². The predicted octanol–water partition coefficient (Wildman–Crippen LogP) is 5.41. The molecule has 0 radical (unpaired) electrons. The van der Waals surface area contributed by atoms with Crippen LogP contribution in [0.4, 0.5) is 10.5 Å².